The number of para-hydroxylation sites is 1. The molecule has 2 aromatic carbocycles. The first-order valence-electron chi connectivity index (χ1n) is 6.49. The SMILES string of the molecule is CC[C@@H](N)c1ccccc1Oc1cc([N+](=O)[O-])ccc1Cl. The van der Waals surface area contributed by atoms with Crippen LogP contribution in [0.25, 0.3) is 0 Å². The van der Waals surface area contributed by atoms with Gasteiger partial charge in [-0.25, -0.2) is 0 Å². The maximum absolute atomic E-state index is 10.8. The normalized spacial score (nSPS) is 12.0. The number of non-ortho nitro benzene ring substituents is 1. The molecular weight excluding hydrogens is 292 g/mol. The van der Waals surface area contributed by atoms with E-state index < -0.39 is 4.92 Å². The number of nitro groups is 1. The third kappa shape index (κ3) is 3.51. The molecule has 0 bridgehead atoms. The molecule has 0 radical (unpaired) electrons. The average Bonchev–Trinajstić information content (AvgIpc) is 2.49. The van der Waals surface area contributed by atoms with Crippen LogP contribution < -0.4 is 10.5 Å². The Morgan fingerprint density at radius 2 is 2.00 bits per heavy atom. The lowest BCUT2D eigenvalue weighted by Crippen LogP contribution is -2.09. The molecule has 0 saturated heterocycles. The van der Waals surface area contributed by atoms with Crippen molar-refractivity contribution in [2.24, 2.45) is 5.73 Å². The number of benzene rings is 2. The van der Waals surface area contributed by atoms with Crippen LogP contribution in [0.2, 0.25) is 5.02 Å². The van der Waals surface area contributed by atoms with Gasteiger partial charge in [-0.2, -0.15) is 0 Å². The number of hydrogen-bond acceptors (Lipinski definition) is 4. The summed E-state index contributed by atoms with van der Waals surface area (Å²) in [6.45, 7) is 1.97. The largest absolute Gasteiger partial charge is 0.455 e. The van der Waals surface area contributed by atoms with Gasteiger partial charge in [-0.1, -0.05) is 36.7 Å². The zero-order valence-electron chi connectivity index (χ0n) is 11.5. The van der Waals surface area contributed by atoms with Crippen molar-refractivity contribution in [3.8, 4) is 11.5 Å². The van der Waals surface area contributed by atoms with E-state index in [-0.39, 0.29) is 17.5 Å². The molecular formula is C15H15ClN2O3. The Labute approximate surface area is 127 Å². The number of nitrogens with zero attached hydrogens (tertiary/aromatic N) is 1. The first-order chi connectivity index (χ1) is 10.0. The molecule has 0 unspecified atom stereocenters. The molecule has 2 aromatic rings. The zero-order valence-corrected chi connectivity index (χ0v) is 12.2. The fraction of sp³-hybridized carbons (Fsp3) is 0.200. The van der Waals surface area contributed by atoms with Crippen LogP contribution in [0.4, 0.5) is 5.69 Å². The highest BCUT2D eigenvalue weighted by atomic mass is 35.5. The Hall–Kier alpha value is -2.11. The van der Waals surface area contributed by atoms with Crippen molar-refractivity contribution in [2.45, 2.75) is 19.4 Å². The minimum absolute atomic E-state index is 0.0772. The van der Waals surface area contributed by atoms with E-state index in [0.717, 1.165) is 12.0 Å². The van der Waals surface area contributed by atoms with E-state index in [1.54, 1.807) is 6.07 Å². The summed E-state index contributed by atoms with van der Waals surface area (Å²) in [6.07, 6.45) is 0.753. The Bertz CT molecular complexity index is 661. The summed E-state index contributed by atoms with van der Waals surface area (Å²) >= 11 is 6.04. The maximum atomic E-state index is 10.8. The molecule has 0 spiro atoms. The van der Waals surface area contributed by atoms with Crippen LogP contribution in [0.15, 0.2) is 42.5 Å². The van der Waals surface area contributed by atoms with Gasteiger partial charge in [0.05, 0.1) is 16.0 Å². The van der Waals surface area contributed by atoms with E-state index >= 15 is 0 Å². The topological polar surface area (TPSA) is 78.4 Å². The highest BCUT2D eigenvalue weighted by Crippen LogP contribution is 2.35. The van der Waals surface area contributed by atoms with Gasteiger partial charge in [-0.05, 0) is 18.6 Å². The van der Waals surface area contributed by atoms with Crippen molar-refractivity contribution in [1.82, 2.24) is 0 Å². The predicted molar refractivity (Wildman–Crippen MR) is 81.8 cm³/mol. The second-order valence-corrected chi connectivity index (χ2v) is 4.93. The van der Waals surface area contributed by atoms with Crippen LogP contribution in [0.5, 0.6) is 11.5 Å². The number of halogens is 1. The van der Waals surface area contributed by atoms with Crippen molar-refractivity contribution in [2.75, 3.05) is 0 Å². The zero-order chi connectivity index (χ0) is 15.4. The molecule has 0 saturated carbocycles. The lowest BCUT2D eigenvalue weighted by atomic mass is 10.0. The van der Waals surface area contributed by atoms with E-state index in [1.165, 1.54) is 18.2 Å². The quantitative estimate of drug-likeness (QED) is 0.654. The predicted octanol–water partition coefficient (Wildman–Crippen LogP) is 4.45. The standard InChI is InChI=1S/C15H15ClN2O3/c1-2-13(17)11-5-3-4-6-14(11)21-15-9-10(18(19)20)7-8-12(15)16/h3-9,13H,2,17H2,1H3/t13-/m1/s1. The molecule has 0 heterocycles. The molecule has 0 aromatic heterocycles. The fourth-order valence-electron chi connectivity index (χ4n) is 1.90. The van der Waals surface area contributed by atoms with Crippen molar-refractivity contribution >= 4 is 17.3 Å². The van der Waals surface area contributed by atoms with Gasteiger partial charge in [0.15, 0.2) is 5.75 Å². The summed E-state index contributed by atoms with van der Waals surface area (Å²) in [6, 6.07) is 11.2. The van der Waals surface area contributed by atoms with Gasteiger partial charge in [-0.3, -0.25) is 10.1 Å². The summed E-state index contributed by atoms with van der Waals surface area (Å²) in [5, 5.41) is 11.1. The Balaban J connectivity index is 2.38. The van der Waals surface area contributed by atoms with Crippen LogP contribution >= 0.6 is 11.6 Å². The van der Waals surface area contributed by atoms with Gasteiger partial charge in [0.1, 0.15) is 5.75 Å². The Morgan fingerprint density at radius 3 is 2.67 bits per heavy atom. The fourth-order valence-corrected chi connectivity index (χ4v) is 2.06. The Kier molecular flexibility index (Phi) is 4.77. The van der Waals surface area contributed by atoms with E-state index in [0.29, 0.717) is 10.8 Å². The number of nitrogens with two attached hydrogens (primary N) is 1. The van der Waals surface area contributed by atoms with Crippen LogP contribution in [0.3, 0.4) is 0 Å². The monoisotopic (exact) mass is 306 g/mol. The molecule has 2 rings (SSSR count). The first-order valence-corrected chi connectivity index (χ1v) is 6.87. The number of rotatable bonds is 5. The van der Waals surface area contributed by atoms with Crippen molar-refractivity contribution in [3.05, 3.63) is 63.2 Å². The minimum atomic E-state index is -0.493. The van der Waals surface area contributed by atoms with E-state index in [9.17, 15) is 10.1 Å². The van der Waals surface area contributed by atoms with Gasteiger partial charge in [0.25, 0.3) is 5.69 Å². The molecule has 0 aliphatic rings. The third-order valence-corrected chi connectivity index (χ3v) is 3.42. The second-order valence-electron chi connectivity index (χ2n) is 4.53. The number of ether oxygens (including phenoxy) is 1. The third-order valence-electron chi connectivity index (χ3n) is 3.10. The molecule has 110 valence electrons. The number of hydrogen-bond donors (Lipinski definition) is 1. The molecule has 0 fully saturated rings. The van der Waals surface area contributed by atoms with Gasteiger partial charge in [0, 0.05) is 17.7 Å². The highest BCUT2D eigenvalue weighted by molar-refractivity contribution is 6.32. The summed E-state index contributed by atoms with van der Waals surface area (Å²) < 4.78 is 5.74. The lowest BCUT2D eigenvalue weighted by molar-refractivity contribution is -0.384. The molecule has 2 N–H and O–H groups in total. The number of nitro benzene ring substituents is 1. The van der Waals surface area contributed by atoms with Crippen molar-refractivity contribution < 1.29 is 9.66 Å². The molecule has 1 atom stereocenters. The van der Waals surface area contributed by atoms with Crippen molar-refractivity contribution in [3.63, 3.8) is 0 Å². The first kappa shape index (κ1) is 15.3. The van der Waals surface area contributed by atoms with E-state index in [4.69, 9.17) is 22.1 Å². The van der Waals surface area contributed by atoms with Crippen LogP contribution in [0.1, 0.15) is 24.9 Å². The van der Waals surface area contributed by atoms with Gasteiger partial charge < -0.3 is 10.5 Å². The van der Waals surface area contributed by atoms with Crippen LogP contribution in [0, 0.1) is 10.1 Å². The molecule has 0 aliphatic heterocycles. The summed E-state index contributed by atoms with van der Waals surface area (Å²) in [5.74, 6) is 0.788. The average molecular weight is 307 g/mol. The molecule has 6 heteroatoms. The molecule has 21 heavy (non-hydrogen) atoms. The second kappa shape index (κ2) is 6.56. The van der Waals surface area contributed by atoms with Crippen LogP contribution in [-0.4, -0.2) is 4.92 Å². The minimum Gasteiger partial charge on any atom is -0.455 e. The van der Waals surface area contributed by atoms with E-state index in [2.05, 4.69) is 0 Å². The molecule has 0 amide bonds. The summed E-state index contributed by atoms with van der Waals surface area (Å²) in [4.78, 5) is 10.3. The van der Waals surface area contributed by atoms with Gasteiger partial charge >= 0.3 is 0 Å². The maximum Gasteiger partial charge on any atom is 0.273 e. The van der Waals surface area contributed by atoms with Crippen molar-refractivity contribution in [1.29, 1.82) is 0 Å². The van der Waals surface area contributed by atoms with E-state index in [1.807, 2.05) is 25.1 Å². The lowest BCUT2D eigenvalue weighted by Gasteiger charge is -2.15. The van der Waals surface area contributed by atoms with Gasteiger partial charge in [0.2, 0.25) is 0 Å². The molecule has 5 nitrogen and oxygen atoms in total. The summed E-state index contributed by atoms with van der Waals surface area (Å²) in [7, 11) is 0. The highest BCUT2D eigenvalue weighted by Gasteiger charge is 2.15. The smallest absolute Gasteiger partial charge is 0.273 e. The van der Waals surface area contributed by atoms with Gasteiger partial charge in [-0.15, -0.1) is 0 Å². The molecule has 0 aliphatic carbocycles. The summed E-state index contributed by atoms with van der Waals surface area (Å²) in [5.41, 5.74) is 6.80. The Morgan fingerprint density at radius 1 is 1.29 bits per heavy atom. The van der Waals surface area contributed by atoms with Crippen LogP contribution in [-0.2, 0) is 0 Å².